The predicted octanol–water partition coefficient (Wildman–Crippen LogP) is 17.4. The van der Waals surface area contributed by atoms with Crippen molar-refractivity contribution in [1.29, 1.82) is 0 Å². The summed E-state index contributed by atoms with van der Waals surface area (Å²) < 4.78 is 2.43. The number of fused-ring (bicyclic) bond motifs is 10. The first kappa shape index (κ1) is 37.4. The monoisotopic (exact) mass is 828 g/mol. The van der Waals surface area contributed by atoms with Gasteiger partial charge in [-0.2, -0.15) is 0 Å². The molecule has 0 atom stereocenters. The summed E-state index contributed by atoms with van der Waals surface area (Å²) in [5.74, 6) is 0. The van der Waals surface area contributed by atoms with Crippen molar-refractivity contribution in [2.75, 3.05) is 4.90 Å². The fraction of sp³-hybridized carbons (Fsp3) is 0.0476. The van der Waals surface area contributed by atoms with E-state index in [9.17, 15) is 0 Å². The van der Waals surface area contributed by atoms with Gasteiger partial charge in [-0.1, -0.05) is 172 Å². The van der Waals surface area contributed by atoms with Gasteiger partial charge in [0.15, 0.2) is 0 Å². The Labute approximate surface area is 378 Å². The van der Waals surface area contributed by atoms with Crippen LogP contribution in [0.4, 0.5) is 17.1 Å². The van der Waals surface area contributed by atoms with Gasteiger partial charge in [0.2, 0.25) is 0 Å². The van der Waals surface area contributed by atoms with Gasteiger partial charge in [0.25, 0.3) is 0 Å². The molecule has 0 fully saturated rings. The highest BCUT2D eigenvalue weighted by Gasteiger charge is 2.36. The molecule has 13 rings (SSSR count). The van der Waals surface area contributed by atoms with Crippen LogP contribution < -0.4 is 4.90 Å². The molecule has 0 aliphatic heterocycles. The van der Waals surface area contributed by atoms with E-state index < -0.39 is 0 Å². The maximum absolute atomic E-state index is 2.44. The van der Waals surface area contributed by atoms with Crippen molar-refractivity contribution in [3.8, 4) is 39.1 Å². The molecule has 1 aliphatic rings. The third-order valence-corrected chi connectivity index (χ3v) is 14.2. The minimum atomic E-state index is -0.234. The van der Waals surface area contributed by atoms with Gasteiger partial charge in [0, 0.05) is 38.9 Å². The summed E-state index contributed by atoms with van der Waals surface area (Å²) >= 11 is 0. The zero-order valence-electron chi connectivity index (χ0n) is 36.3. The van der Waals surface area contributed by atoms with Crippen LogP contribution >= 0.6 is 0 Å². The molecule has 0 amide bonds. The van der Waals surface area contributed by atoms with Crippen LogP contribution in [0.5, 0.6) is 0 Å². The first-order valence-electron chi connectivity index (χ1n) is 22.7. The molecule has 1 aromatic heterocycles. The average Bonchev–Trinajstić information content (AvgIpc) is 3.81. The van der Waals surface area contributed by atoms with E-state index in [1.807, 2.05) is 0 Å². The molecule has 12 aromatic rings. The average molecular weight is 829 g/mol. The molecule has 0 saturated carbocycles. The van der Waals surface area contributed by atoms with Crippen molar-refractivity contribution in [2.45, 2.75) is 19.3 Å². The van der Waals surface area contributed by atoms with Crippen LogP contribution in [0.2, 0.25) is 0 Å². The molecule has 0 bridgehead atoms. The summed E-state index contributed by atoms with van der Waals surface area (Å²) in [5, 5.41) is 10.1. The second-order valence-corrected chi connectivity index (χ2v) is 18.1. The van der Waals surface area contributed by atoms with Gasteiger partial charge in [-0.15, -0.1) is 0 Å². The zero-order chi connectivity index (χ0) is 43.2. The van der Waals surface area contributed by atoms with Gasteiger partial charge < -0.3 is 9.47 Å². The van der Waals surface area contributed by atoms with E-state index >= 15 is 0 Å². The third-order valence-electron chi connectivity index (χ3n) is 14.2. The van der Waals surface area contributed by atoms with Gasteiger partial charge in [-0.3, -0.25) is 0 Å². The summed E-state index contributed by atoms with van der Waals surface area (Å²) in [5.41, 5.74) is 16.9. The lowest BCUT2D eigenvalue weighted by Gasteiger charge is -2.28. The second kappa shape index (κ2) is 14.4. The van der Waals surface area contributed by atoms with Gasteiger partial charge in [-0.05, 0) is 150 Å². The molecule has 0 unspecified atom stereocenters. The SMILES string of the molecule is CC1(C)c2cc(N(c3ccc(-c4ccc5ccccc5c4)cc3)c3ccc(-c4cc5ccccc5c5ccccc45)cc3)ccc2-c2ccc(-n3c4ccccc4c4ccccc43)cc21. The Morgan fingerprint density at radius 1 is 0.323 bits per heavy atom. The minimum absolute atomic E-state index is 0.234. The largest absolute Gasteiger partial charge is 0.310 e. The Bertz CT molecular complexity index is 3800. The molecule has 306 valence electrons. The fourth-order valence-electron chi connectivity index (χ4n) is 10.9. The van der Waals surface area contributed by atoms with Crippen LogP contribution in [0, 0.1) is 0 Å². The van der Waals surface area contributed by atoms with Crippen molar-refractivity contribution in [2.24, 2.45) is 0 Å². The number of anilines is 3. The molecule has 2 heteroatoms. The quantitative estimate of drug-likeness (QED) is 0.152. The molecular formula is C63H44N2. The molecular weight excluding hydrogens is 785 g/mol. The predicted molar refractivity (Wildman–Crippen MR) is 276 cm³/mol. The van der Waals surface area contributed by atoms with E-state index in [0.717, 1.165) is 17.1 Å². The van der Waals surface area contributed by atoms with E-state index in [4.69, 9.17) is 0 Å². The maximum atomic E-state index is 2.44. The van der Waals surface area contributed by atoms with Gasteiger partial charge in [0.1, 0.15) is 0 Å². The lowest BCUT2D eigenvalue weighted by atomic mass is 9.82. The Morgan fingerprint density at radius 3 is 1.52 bits per heavy atom. The van der Waals surface area contributed by atoms with Crippen molar-refractivity contribution >= 4 is 71.2 Å². The maximum Gasteiger partial charge on any atom is 0.0541 e. The van der Waals surface area contributed by atoms with E-state index in [1.54, 1.807) is 0 Å². The molecule has 11 aromatic carbocycles. The molecule has 1 aliphatic carbocycles. The van der Waals surface area contributed by atoms with Gasteiger partial charge in [-0.25, -0.2) is 0 Å². The van der Waals surface area contributed by atoms with Crippen molar-refractivity contribution < 1.29 is 0 Å². The molecule has 0 spiro atoms. The number of hydrogen-bond donors (Lipinski definition) is 0. The summed E-state index contributed by atoms with van der Waals surface area (Å²) in [6.45, 7) is 4.78. The minimum Gasteiger partial charge on any atom is -0.310 e. The van der Waals surface area contributed by atoms with Crippen molar-refractivity contribution in [3.63, 3.8) is 0 Å². The number of para-hydroxylation sites is 2. The molecule has 65 heavy (non-hydrogen) atoms. The van der Waals surface area contributed by atoms with Crippen LogP contribution in [0.15, 0.2) is 231 Å². The normalized spacial score (nSPS) is 12.9. The van der Waals surface area contributed by atoms with E-state index in [2.05, 4.69) is 254 Å². The summed E-state index contributed by atoms with van der Waals surface area (Å²) in [7, 11) is 0. The summed E-state index contributed by atoms with van der Waals surface area (Å²) in [6, 6.07) is 85.2. The van der Waals surface area contributed by atoms with Gasteiger partial charge >= 0.3 is 0 Å². The summed E-state index contributed by atoms with van der Waals surface area (Å²) in [4.78, 5) is 2.43. The third kappa shape index (κ3) is 5.88. The van der Waals surface area contributed by atoms with E-state index in [0.29, 0.717) is 0 Å². The summed E-state index contributed by atoms with van der Waals surface area (Å²) in [6.07, 6.45) is 0. The fourth-order valence-corrected chi connectivity index (χ4v) is 10.9. The topological polar surface area (TPSA) is 8.17 Å². The molecule has 0 N–H and O–H groups in total. The highest BCUT2D eigenvalue weighted by molar-refractivity contribution is 6.14. The highest BCUT2D eigenvalue weighted by atomic mass is 15.1. The number of benzene rings is 11. The number of aromatic nitrogens is 1. The van der Waals surface area contributed by atoms with Crippen LogP contribution in [-0.2, 0) is 5.41 Å². The molecule has 0 radical (unpaired) electrons. The van der Waals surface area contributed by atoms with Gasteiger partial charge in [0.05, 0.1) is 11.0 Å². The van der Waals surface area contributed by atoms with Crippen LogP contribution in [0.1, 0.15) is 25.0 Å². The first-order chi connectivity index (χ1) is 32.0. The van der Waals surface area contributed by atoms with Crippen molar-refractivity contribution in [3.05, 3.63) is 242 Å². The number of rotatable bonds is 6. The highest BCUT2D eigenvalue weighted by Crippen LogP contribution is 2.52. The Morgan fingerprint density at radius 2 is 0.831 bits per heavy atom. The standard InChI is InChI=1S/C63H44N2/c1-63(2)59-39-49(33-35-54(59)55-36-34-50(40-60(55)63)65-61-21-11-9-19-56(61)57-20-10-12-22-62(57)65)64(47-29-25-42(26-30-47)45-24-23-41-13-3-4-14-44(41)37-45)48-31-27-43(28-32-48)58-38-46-15-5-6-16-51(46)52-17-7-8-18-53(52)58/h3-40H,1-2H3. The van der Waals surface area contributed by atoms with Crippen LogP contribution in [-0.4, -0.2) is 4.57 Å². The number of nitrogens with zero attached hydrogens (tertiary/aromatic N) is 2. The lowest BCUT2D eigenvalue weighted by Crippen LogP contribution is -2.17. The lowest BCUT2D eigenvalue weighted by molar-refractivity contribution is 0.660. The van der Waals surface area contributed by atoms with Crippen LogP contribution in [0.3, 0.4) is 0 Å². The van der Waals surface area contributed by atoms with E-state index in [1.165, 1.54) is 104 Å². The molecule has 0 saturated heterocycles. The zero-order valence-corrected chi connectivity index (χ0v) is 36.3. The molecule has 2 nitrogen and oxygen atoms in total. The smallest absolute Gasteiger partial charge is 0.0541 e. The Kier molecular flexibility index (Phi) is 8.29. The Balaban J connectivity index is 0.926. The van der Waals surface area contributed by atoms with E-state index in [-0.39, 0.29) is 5.41 Å². The number of hydrogen-bond acceptors (Lipinski definition) is 1. The van der Waals surface area contributed by atoms with Crippen LogP contribution in [0.25, 0.3) is 93.2 Å². The van der Waals surface area contributed by atoms with Crippen molar-refractivity contribution in [1.82, 2.24) is 4.57 Å². The second-order valence-electron chi connectivity index (χ2n) is 18.1. The molecule has 1 heterocycles. The first-order valence-corrected chi connectivity index (χ1v) is 22.7. The Hall–Kier alpha value is -8.20.